The van der Waals surface area contributed by atoms with Crippen molar-refractivity contribution in [2.45, 2.75) is 24.0 Å². The molecule has 0 saturated heterocycles. The van der Waals surface area contributed by atoms with Crippen molar-refractivity contribution in [3.63, 3.8) is 0 Å². The highest BCUT2D eigenvalue weighted by atomic mass is 32.2. The number of aliphatic hydroxyl groups is 1. The van der Waals surface area contributed by atoms with Crippen LogP contribution in [0.3, 0.4) is 0 Å². The normalized spacial score (nSPS) is 14.1. The molecule has 1 unspecified atom stereocenters. The van der Waals surface area contributed by atoms with Crippen LogP contribution in [0.1, 0.15) is 18.6 Å². The molecular weight excluding hydrogens is 352 g/mol. The Kier molecular flexibility index (Phi) is 5.27. The third kappa shape index (κ3) is 3.88. The second-order valence-corrected chi connectivity index (χ2v) is 7.56. The van der Waals surface area contributed by atoms with Crippen LogP contribution in [0.4, 0.5) is 0 Å². The second kappa shape index (κ2) is 7.45. The summed E-state index contributed by atoms with van der Waals surface area (Å²) < 4.78 is 35.0. The van der Waals surface area contributed by atoms with Crippen LogP contribution in [0, 0.1) is 0 Å². The van der Waals surface area contributed by atoms with Crippen LogP contribution in [-0.2, 0) is 14.3 Å². The minimum atomic E-state index is -3.94. The van der Waals surface area contributed by atoms with E-state index in [0.29, 0.717) is 5.56 Å². The molecule has 0 amide bonds. The van der Waals surface area contributed by atoms with Gasteiger partial charge in [0.2, 0.25) is 0 Å². The van der Waals surface area contributed by atoms with Crippen molar-refractivity contribution in [3.8, 4) is 5.75 Å². The molecular formula is C20H20O5S. The summed E-state index contributed by atoms with van der Waals surface area (Å²) in [6.45, 7) is 1.53. The first-order valence-corrected chi connectivity index (χ1v) is 9.55. The van der Waals surface area contributed by atoms with Gasteiger partial charge in [0, 0.05) is 0 Å². The van der Waals surface area contributed by atoms with Gasteiger partial charge >= 0.3 is 0 Å². The van der Waals surface area contributed by atoms with E-state index in [9.17, 15) is 13.5 Å². The Hall–Kier alpha value is -2.41. The fraction of sp³-hybridized carbons (Fsp3) is 0.200. The molecule has 6 heteroatoms. The van der Waals surface area contributed by atoms with E-state index in [1.165, 1.54) is 19.1 Å². The van der Waals surface area contributed by atoms with Gasteiger partial charge in [-0.1, -0.05) is 36.4 Å². The van der Waals surface area contributed by atoms with Crippen LogP contribution in [0.2, 0.25) is 0 Å². The second-order valence-electron chi connectivity index (χ2n) is 5.99. The first kappa shape index (κ1) is 18.4. The standard InChI is InChI=1S/C20H20O5S/c1-14(25-26(22,23)19-6-4-3-5-7-19)20(21)17-9-8-16-13-18(24-2)11-10-15(16)12-17/h3-14,20-21H,1-2H3/t14?,20-/m1/s1. The molecule has 0 aromatic heterocycles. The van der Waals surface area contributed by atoms with Gasteiger partial charge in [0.05, 0.1) is 12.0 Å². The Bertz CT molecular complexity index is 999. The summed E-state index contributed by atoms with van der Waals surface area (Å²) >= 11 is 0. The summed E-state index contributed by atoms with van der Waals surface area (Å²) in [6.07, 6.45) is -2.02. The van der Waals surface area contributed by atoms with Crippen LogP contribution in [0.5, 0.6) is 5.75 Å². The third-order valence-corrected chi connectivity index (χ3v) is 5.57. The fourth-order valence-electron chi connectivity index (χ4n) is 2.72. The molecule has 0 radical (unpaired) electrons. The highest BCUT2D eigenvalue weighted by molar-refractivity contribution is 7.86. The maximum Gasteiger partial charge on any atom is 0.297 e. The molecule has 0 saturated carbocycles. The SMILES string of the molecule is COc1ccc2cc([C@H](O)C(C)OS(=O)(=O)c3ccccc3)ccc2c1. The summed E-state index contributed by atoms with van der Waals surface area (Å²) in [5.74, 6) is 0.747. The van der Waals surface area contributed by atoms with Gasteiger partial charge < -0.3 is 9.84 Å². The molecule has 3 aromatic carbocycles. The largest absolute Gasteiger partial charge is 0.497 e. The Labute approximate surface area is 152 Å². The van der Waals surface area contributed by atoms with Gasteiger partial charge in [-0.2, -0.15) is 8.42 Å². The number of aliphatic hydroxyl groups excluding tert-OH is 1. The zero-order valence-corrected chi connectivity index (χ0v) is 15.3. The fourth-order valence-corrected chi connectivity index (χ4v) is 3.83. The van der Waals surface area contributed by atoms with Gasteiger partial charge in [-0.15, -0.1) is 0 Å². The van der Waals surface area contributed by atoms with E-state index >= 15 is 0 Å². The Balaban J connectivity index is 1.82. The van der Waals surface area contributed by atoms with Gasteiger partial charge in [-0.05, 0) is 53.6 Å². The van der Waals surface area contributed by atoms with Crippen molar-refractivity contribution in [1.82, 2.24) is 0 Å². The molecule has 5 nitrogen and oxygen atoms in total. The summed E-state index contributed by atoms with van der Waals surface area (Å²) in [5.41, 5.74) is 0.582. The zero-order chi connectivity index (χ0) is 18.7. The first-order valence-electron chi connectivity index (χ1n) is 8.15. The molecule has 0 fully saturated rings. The predicted octanol–water partition coefficient (Wildman–Crippen LogP) is 3.68. The highest BCUT2D eigenvalue weighted by Gasteiger charge is 2.25. The van der Waals surface area contributed by atoms with E-state index < -0.39 is 22.3 Å². The number of hydrogen-bond acceptors (Lipinski definition) is 5. The number of hydrogen-bond donors (Lipinski definition) is 1. The maximum absolute atomic E-state index is 12.3. The summed E-state index contributed by atoms with van der Waals surface area (Å²) in [6, 6.07) is 18.9. The lowest BCUT2D eigenvalue weighted by molar-refractivity contribution is 0.0509. The molecule has 26 heavy (non-hydrogen) atoms. The van der Waals surface area contributed by atoms with Crippen molar-refractivity contribution >= 4 is 20.9 Å². The molecule has 3 rings (SSSR count). The van der Waals surface area contributed by atoms with E-state index in [1.807, 2.05) is 30.3 Å². The first-order chi connectivity index (χ1) is 12.4. The van der Waals surface area contributed by atoms with Crippen LogP contribution in [0.15, 0.2) is 71.6 Å². The monoisotopic (exact) mass is 372 g/mol. The quantitative estimate of drug-likeness (QED) is 0.668. The van der Waals surface area contributed by atoms with Gasteiger partial charge in [-0.25, -0.2) is 0 Å². The van der Waals surface area contributed by atoms with E-state index in [1.54, 1.807) is 31.4 Å². The topological polar surface area (TPSA) is 72.8 Å². The molecule has 0 aliphatic heterocycles. The van der Waals surface area contributed by atoms with Crippen molar-refractivity contribution in [2.24, 2.45) is 0 Å². The number of benzene rings is 3. The van der Waals surface area contributed by atoms with E-state index in [-0.39, 0.29) is 4.90 Å². The molecule has 0 aliphatic carbocycles. The Morgan fingerprint density at radius 1 is 0.923 bits per heavy atom. The van der Waals surface area contributed by atoms with Gasteiger partial charge in [0.15, 0.2) is 0 Å². The molecule has 3 aromatic rings. The molecule has 2 atom stereocenters. The molecule has 0 spiro atoms. The van der Waals surface area contributed by atoms with Crippen LogP contribution < -0.4 is 4.74 Å². The average Bonchev–Trinajstić information content (AvgIpc) is 2.66. The van der Waals surface area contributed by atoms with E-state index in [0.717, 1.165) is 16.5 Å². The number of ether oxygens (including phenoxy) is 1. The minimum absolute atomic E-state index is 0.0599. The van der Waals surface area contributed by atoms with Crippen molar-refractivity contribution in [3.05, 3.63) is 72.3 Å². The summed E-state index contributed by atoms with van der Waals surface area (Å²) in [5, 5.41) is 12.4. The summed E-state index contributed by atoms with van der Waals surface area (Å²) in [7, 11) is -2.34. The van der Waals surface area contributed by atoms with E-state index in [4.69, 9.17) is 8.92 Å². The number of methoxy groups -OCH3 is 1. The lowest BCUT2D eigenvalue weighted by Gasteiger charge is -2.20. The van der Waals surface area contributed by atoms with Crippen LogP contribution in [-0.4, -0.2) is 26.7 Å². The molecule has 0 aliphatic rings. The van der Waals surface area contributed by atoms with Crippen LogP contribution in [0.25, 0.3) is 10.8 Å². The molecule has 0 bridgehead atoms. The lowest BCUT2D eigenvalue weighted by Crippen LogP contribution is -2.22. The molecule has 0 heterocycles. The smallest absolute Gasteiger partial charge is 0.297 e. The van der Waals surface area contributed by atoms with Gasteiger partial charge in [-0.3, -0.25) is 4.18 Å². The Morgan fingerprint density at radius 2 is 1.58 bits per heavy atom. The van der Waals surface area contributed by atoms with Crippen molar-refractivity contribution in [2.75, 3.05) is 7.11 Å². The minimum Gasteiger partial charge on any atom is -0.497 e. The third-order valence-electron chi connectivity index (χ3n) is 4.17. The number of fused-ring (bicyclic) bond motifs is 1. The summed E-state index contributed by atoms with van der Waals surface area (Å²) in [4.78, 5) is 0.0599. The maximum atomic E-state index is 12.3. The van der Waals surface area contributed by atoms with Crippen molar-refractivity contribution in [1.29, 1.82) is 0 Å². The lowest BCUT2D eigenvalue weighted by atomic mass is 10.0. The zero-order valence-electron chi connectivity index (χ0n) is 14.5. The van der Waals surface area contributed by atoms with Crippen molar-refractivity contribution < 1.29 is 22.4 Å². The molecule has 136 valence electrons. The molecule has 1 N–H and O–H groups in total. The predicted molar refractivity (Wildman–Crippen MR) is 99.6 cm³/mol. The van der Waals surface area contributed by atoms with Gasteiger partial charge in [0.1, 0.15) is 18.0 Å². The van der Waals surface area contributed by atoms with Gasteiger partial charge in [0.25, 0.3) is 10.1 Å². The highest BCUT2D eigenvalue weighted by Crippen LogP contribution is 2.27. The van der Waals surface area contributed by atoms with Crippen LogP contribution >= 0.6 is 0 Å². The Morgan fingerprint density at radius 3 is 2.27 bits per heavy atom. The number of rotatable bonds is 6. The average molecular weight is 372 g/mol. The van der Waals surface area contributed by atoms with E-state index in [2.05, 4.69) is 0 Å².